The second-order valence-corrected chi connectivity index (χ2v) is 6.77. The van der Waals surface area contributed by atoms with Gasteiger partial charge in [-0.1, -0.05) is 36.8 Å². The Morgan fingerprint density at radius 1 is 1.00 bits per heavy atom. The number of nitrogens with zero attached hydrogens (tertiary/aromatic N) is 3. The van der Waals surface area contributed by atoms with E-state index in [2.05, 4.69) is 16.7 Å². The van der Waals surface area contributed by atoms with Crippen molar-refractivity contribution in [2.45, 2.75) is 13.8 Å². The molecule has 0 unspecified atom stereocenters. The average Bonchev–Trinajstić information content (AvgIpc) is 2.91. The van der Waals surface area contributed by atoms with E-state index in [0.717, 1.165) is 43.9 Å². The molecule has 1 saturated heterocycles. The summed E-state index contributed by atoms with van der Waals surface area (Å²) in [4.78, 5) is 31.8. The fourth-order valence-corrected chi connectivity index (χ4v) is 3.51. The smallest absolute Gasteiger partial charge is 0.277 e. The van der Waals surface area contributed by atoms with Crippen molar-refractivity contribution in [1.29, 1.82) is 0 Å². The molecule has 2 heterocycles. The lowest BCUT2D eigenvalue weighted by Crippen LogP contribution is -2.47. The van der Waals surface area contributed by atoms with Gasteiger partial charge < -0.3 is 14.5 Å². The van der Waals surface area contributed by atoms with Gasteiger partial charge in [-0.3, -0.25) is 14.5 Å². The van der Waals surface area contributed by atoms with Crippen LogP contribution in [-0.2, 0) is 14.3 Å². The summed E-state index contributed by atoms with van der Waals surface area (Å²) in [6.45, 7) is 9.10. The molecule has 2 amide bonds. The van der Waals surface area contributed by atoms with Crippen LogP contribution in [0, 0.1) is 6.92 Å². The minimum atomic E-state index is -0.219. The second-order valence-electron chi connectivity index (χ2n) is 6.77. The highest BCUT2D eigenvalue weighted by Crippen LogP contribution is 2.32. The van der Waals surface area contributed by atoms with E-state index < -0.39 is 0 Å². The number of likely N-dealkylation sites (N-methyl/N-ethyl adjacent to an activating group) is 1. The predicted octanol–water partition coefficient (Wildman–Crippen LogP) is 1.36. The van der Waals surface area contributed by atoms with Gasteiger partial charge in [0, 0.05) is 33.3 Å². The molecule has 1 fully saturated rings. The van der Waals surface area contributed by atoms with E-state index in [4.69, 9.17) is 4.74 Å². The van der Waals surface area contributed by atoms with Crippen LogP contribution < -0.4 is 0 Å². The van der Waals surface area contributed by atoms with Crippen LogP contribution >= 0.6 is 0 Å². The highest BCUT2D eigenvalue weighted by Gasteiger charge is 2.41. The number of benzene rings is 1. The molecule has 6 heteroatoms. The van der Waals surface area contributed by atoms with Crippen LogP contribution in [-0.4, -0.2) is 79.5 Å². The fourth-order valence-electron chi connectivity index (χ4n) is 3.51. The maximum absolute atomic E-state index is 13.1. The van der Waals surface area contributed by atoms with Crippen molar-refractivity contribution in [2.24, 2.45) is 0 Å². The number of amides is 2. The molecule has 1 aromatic carbocycles. The summed E-state index contributed by atoms with van der Waals surface area (Å²) in [5, 5.41) is 0. The molecule has 140 valence electrons. The molecule has 0 radical (unpaired) electrons. The first-order valence-electron chi connectivity index (χ1n) is 9.20. The molecule has 0 aromatic heterocycles. The van der Waals surface area contributed by atoms with Crippen LogP contribution in [0.2, 0.25) is 0 Å². The third-order valence-electron chi connectivity index (χ3n) is 5.14. The molecule has 0 aliphatic carbocycles. The number of rotatable bonds is 6. The van der Waals surface area contributed by atoms with Crippen molar-refractivity contribution >= 4 is 17.4 Å². The molecule has 3 rings (SSSR count). The van der Waals surface area contributed by atoms with Gasteiger partial charge in [0.05, 0.1) is 18.7 Å². The maximum Gasteiger partial charge on any atom is 0.277 e. The van der Waals surface area contributed by atoms with Crippen molar-refractivity contribution in [3.8, 4) is 0 Å². The standard InChI is InChI=1S/C20H27N3O3/c1-4-21-9-11-22(12-10-21)18-17(16-7-5-15(2)6-8-16)19(24)23(20(18)25)13-14-26-3/h5-8H,4,9-14H2,1-3H3. The van der Waals surface area contributed by atoms with Crippen molar-refractivity contribution in [3.63, 3.8) is 0 Å². The minimum Gasteiger partial charge on any atom is -0.383 e. The first-order valence-corrected chi connectivity index (χ1v) is 9.20. The zero-order chi connectivity index (χ0) is 18.7. The molecular formula is C20H27N3O3. The molecule has 26 heavy (non-hydrogen) atoms. The zero-order valence-electron chi connectivity index (χ0n) is 15.8. The van der Waals surface area contributed by atoms with E-state index in [1.165, 1.54) is 4.90 Å². The Balaban J connectivity index is 1.96. The highest BCUT2D eigenvalue weighted by molar-refractivity contribution is 6.35. The normalized spacial score (nSPS) is 19.0. The summed E-state index contributed by atoms with van der Waals surface area (Å²) in [7, 11) is 1.57. The average molecular weight is 357 g/mol. The molecule has 2 aliphatic heterocycles. The molecule has 6 nitrogen and oxygen atoms in total. The van der Waals surface area contributed by atoms with Crippen LogP contribution in [0.3, 0.4) is 0 Å². The first-order chi connectivity index (χ1) is 12.6. The van der Waals surface area contributed by atoms with E-state index in [0.29, 0.717) is 17.9 Å². The Labute approximate surface area is 155 Å². The lowest BCUT2D eigenvalue weighted by molar-refractivity contribution is -0.138. The number of methoxy groups -OCH3 is 1. The summed E-state index contributed by atoms with van der Waals surface area (Å²) in [5.74, 6) is -0.420. The molecule has 1 aromatic rings. The lowest BCUT2D eigenvalue weighted by Gasteiger charge is -2.36. The third kappa shape index (κ3) is 3.52. The molecule has 0 spiro atoms. The third-order valence-corrected chi connectivity index (χ3v) is 5.14. The summed E-state index contributed by atoms with van der Waals surface area (Å²) in [6.07, 6.45) is 0. The van der Waals surface area contributed by atoms with Gasteiger partial charge in [-0.15, -0.1) is 0 Å². The number of carbonyl (C=O) groups excluding carboxylic acids is 2. The van der Waals surface area contributed by atoms with Crippen LogP contribution in [0.5, 0.6) is 0 Å². The molecule has 0 N–H and O–H groups in total. The van der Waals surface area contributed by atoms with Crippen molar-refractivity contribution in [1.82, 2.24) is 14.7 Å². The van der Waals surface area contributed by atoms with Crippen LogP contribution in [0.4, 0.5) is 0 Å². The summed E-state index contributed by atoms with van der Waals surface area (Å²) in [5.41, 5.74) is 3.00. The van der Waals surface area contributed by atoms with Crippen LogP contribution in [0.1, 0.15) is 18.1 Å². The number of carbonyl (C=O) groups is 2. The van der Waals surface area contributed by atoms with E-state index in [9.17, 15) is 9.59 Å². The fraction of sp³-hybridized carbons (Fsp3) is 0.500. The SMILES string of the molecule is CCN1CCN(C2=C(c3ccc(C)cc3)C(=O)N(CCOC)C2=O)CC1. The largest absolute Gasteiger partial charge is 0.383 e. The number of imide groups is 1. The van der Waals surface area contributed by atoms with Crippen molar-refractivity contribution < 1.29 is 14.3 Å². The monoisotopic (exact) mass is 357 g/mol. The number of hydrogen-bond acceptors (Lipinski definition) is 5. The molecule has 2 aliphatic rings. The molecule has 0 bridgehead atoms. The molecule has 0 atom stereocenters. The molecule has 0 saturated carbocycles. The van der Waals surface area contributed by atoms with E-state index in [1.807, 2.05) is 31.2 Å². The Hall–Kier alpha value is -2.18. The minimum absolute atomic E-state index is 0.201. The lowest BCUT2D eigenvalue weighted by atomic mass is 10.0. The van der Waals surface area contributed by atoms with Crippen LogP contribution in [0.15, 0.2) is 30.0 Å². The van der Waals surface area contributed by atoms with E-state index in [1.54, 1.807) is 7.11 Å². The first kappa shape index (κ1) is 18.6. The maximum atomic E-state index is 13.1. The highest BCUT2D eigenvalue weighted by atomic mass is 16.5. The Bertz CT molecular complexity index is 704. The Morgan fingerprint density at radius 3 is 2.23 bits per heavy atom. The van der Waals surface area contributed by atoms with Gasteiger partial charge in [-0.2, -0.15) is 0 Å². The second kappa shape index (κ2) is 8.01. The number of aryl methyl sites for hydroxylation is 1. The van der Waals surface area contributed by atoms with Gasteiger partial charge in [-0.05, 0) is 19.0 Å². The van der Waals surface area contributed by atoms with Gasteiger partial charge in [-0.25, -0.2) is 0 Å². The van der Waals surface area contributed by atoms with Gasteiger partial charge in [0.25, 0.3) is 11.8 Å². The number of ether oxygens (including phenoxy) is 1. The van der Waals surface area contributed by atoms with E-state index >= 15 is 0 Å². The number of piperazine rings is 1. The Kier molecular flexibility index (Phi) is 5.74. The van der Waals surface area contributed by atoms with Crippen molar-refractivity contribution in [3.05, 3.63) is 41.1 Å². The summed E-state index contributed by atoms with van der Waals surface area (Å²) in [6, 6.07) is 7.81. The topological polar surface area (TPSA) is 53.1 Å². The molecular weight excluding hydrogens is 330 g/mol. The van der Waals surface area contributed by atoms with Gasteiger partial charge in [0.1, 0.15) is 5.70 Å². The quantitative estimate of drug-likeness (QED) is 0.720. The van der Waals surface area contributed by atoms with E-state index in [-0.39, 0.29) is 18.4 Å². The predicted molar refractivity (Wildman–Crippen MR) is 100 cm³/mol. The van der Waals surface area contributed by atoms with Crippen LogP contribution in [0.25, 0.3) is 5.57 Å². The number of hydrogen-bond donors (Lipinski definition) is 0. The van der Waals surface area contributed by atoms with Gasteiger partial charge >= 0.3 is 0 Å². The zero-order valence-corrected chi connectivity index (χ0v) is 15.8. The van der Waals surface area contributed by atoms with Gasteiger partial charge in [0.15, 0.2) is 0 Å². The van der Waals surface area contributed by atoms with Gasteiger partial charge in [0.2, 0.25) is 0 Å². The summed E-state index contributed by atoms with van der Waals surface area (Å²) >= 11 is 0. The van der Waals surface area contributed by atoms with Crippen molar-refractivity contribution in [2.75, 3.05) is 53.0 Å². The Morgan fingerprint density at radius 2 is 1.65 bits per heavy atom. The summed E-state index contributed by atoms with van der Waals surface area (Å²) < 4.78 is 5.08.